The summed E-state index contributed by atoms with van der Waals surface area (Å²) in [6.45, 7) is 4.34. The summed E-state index contributed by atoms with van der Waals surface area (Å²) < 4.78 is 58.6. The fourth-order valence-electron chi connectivity index (χ4n) is 2.93. The minimum atomic E-state index is -3.78. The van der Waals surface area contributed by atoms with Crippen LogP contribution in [-0.4, -0.2) is 53.6 Å². The number of nitrogens with zero attached hydrogens (tertiary/aromatic N) is 1. The number of methoxy groups -OCH3 is 1. The van der Waals surface area contributed by atoms with Crippen molar-refractivity contribution >= 4 is 20.0 Å². The molecule has 0 unspecified atom stereocenters. The summed E-state index contributed by atoms with van der Waals surface area (Å²) in [6.07, 6.45) is 2.75. The lowest BCUT2D eigenvalue weighted by atomic mass is 10.1. The van der Waals surface area contributed by atoms with Gasteiger partial charge < -0.3 is 4.74 Å². The fraction of sp³-hybridized carbons (Fsp3) is 0.625. The number of piperidine rings is 1. The van der Waals surface area contributed by atoms with Gasteiger partial charge in [-0.25, -0.2) is 25.9 Å². The van der Waals surface area contributed by atoms with Crippen molar-refractivity contribution in [3.8, 4) is 5.75 Å². The van der Waals surface area contributed by atoms with Gasteiger partial charge in [0.1, 0.15) is 5.75 Å². The summed E-state index contributed by atoms with van der Waals surface area (Å²) in [5, 5.41) is 0. The first-order valence-electron chi connectivity index (χ1n) is 8.30. The van der Waals surface area contributed by atoms with Crippen molar-refractivity contribution in [2.24, 2.45) is 0 Å². The molecular formula is C16H26N2O5S2. The largest absolute Gasteiger partial charge is 0.496 e. The molecule has 1 N–H and O–H groups in total. The van der Waals surface area contributed by atoms with Crippen molar-refractivity contribution in [2.75, 3.05) is 32.5 Å². The minimum Gasteiger partial charge on any atom is -0.496 e. The van der Waals surface area contributed by atoms with Crippen LogP contribution in [0.4, 0.5) is 0 Å². The number of aryl methyl sites for hydroxylation is 2. The van der Waals surface area contributed by atoms with Crippen molar-refractivity contribution in [1.82, 2.24) is 9.03 Å². The zero-order valence-electron chi connectivity index (χ0n) is 14.9. The van der Waals surface area contributed by atoms with Gasteiger partial charge in [-0.05, 0) is 49.9 Å². The molecule has 0 aromatic heterocycles. The Morgan fingerprint density at radius 1 is 1.04 bits per heavy atom. The number of benzene rings is 1. The maximum atomic E-state index is 12.5. The fourth-order valence-corrected chi connectivity index (χ4v) is 5.83. The lowest BCUT2D eigenvalue weighted by molar-refractivity contribution is 0.346. The van der Waals surface area contributed by atoms with E-state index in [1.165, 1.54) is 17.5 Å². The van der Waals surface area contributed by atoms with Crippen molar-refractivity contribution in [3.63, 3.8) is 0 Å². The second-order valence-corrected chi connectivity index (χ2v) is 10.1. The first-order valence-corrected chi connectivity index (χ1v) is 11.4. The van der Waals surface area contributed by atoms with E-state index in [4.69, 9.17) is 4.74 Å². The minimum absolute atomic E-state index is 0.140. The monoisotopic (exact) mass is 390 g/mol. The Hall–Kier alpha value is -1.16. The van der Waals surface area contributed by atoms with Crippen LogP contribution in [0.3, 0.4) is 0 Å². The lowest BCUT2D eigenvalue weighted by Gasteiger charge is -2.25. The van der Waals surface area contributed by atoms with Gasteiger partial charge in [-0.15, -0.1) is 0 Å². The number of hydrogen-bond acceptors (Lipinski definition) is 5. The van der Waals surface area contributed by atoms with E-state index in [1.54, 1.807) is 19.9 Å². The van der Waals surface area contributed by atoms with Crippen LogP contribution in [-0.2, 0) is 20.0 Å². The lowest BCUT2D eigenvalue weighted by Crippen LogP contribution is -2.40. The second kappa shape index (κ2) is 8.03. The Morgan fingerprint density at radius 3 is 2.28 bits per heavy atom. The predicted octanol–water partition coefficient (Wildman–Crippen LogP) is 1.41. The van der Waals surface area contributed by atoms with E-state index in [9.17, 15) is 16.8 Å². The van der Waals surface area contributed by atoms with Gasteiger partial charge in [-0.3, -0.25) is 0 Å². The van der Waals surface area contributed by atoms with Crippen LogP contribution < -0.4 is 9.46 Å². The topological polar surface area (TPSA) is 92.8 Å². The maximum Gasteiger partial charge on any atom is 0.240 e. The molecule has 7 nitrogen and oxygen atoms in total. The van der Waals surface area contributed by atoms with Crippen LogP contribution in [0.15, 0.2) is 17.0 Å². The molecule has 1 aliphatic rings. The quantitative estimate of drug-likeness (QED) is 0.760. The highest BCUT2D eigenvalue weighted by Crippen LogP contribution is 2.25. The Kier molecular flexibility index (Phi) is 6.47. The van der Waals surface area contributed by atoms with Gasteiger partial charge in [-0.2, -0.15) is 0 Å². The highest BCUT2D eigenvalue weighted by molar-refractivity contribution is 7.90. The highest BCUT2D eigenvalue weighted by atomic mass is 32.2. The first-order chi connectivity index (χ1) is 11.7. The van der Waals surface area contributed by atoms with Crippen LogP contribution in [0.5, 0.6) is 5.75 Å². The van der Waals surface area contributed by atoms with Gasteiger partial charge in [0.25, 0.3) is 0 Å². The van der Waals surface area contributed by atoms with Crippen LogP contribution in [0, 0.1) is 13.8 Å². The summed E-state index contributed by atoms with van der Waals surface area (Å²) in [7, 11) is -5.68. The summed E-state index contributed by atoms with van der Waals surface area (Å²) in [5.74, 6) is 0.379. The van der Waals surface area contributed by atoms with Crippen LogP contribution in [0.1, 0.15) is 30.4 Å². The number of ether oxygens (including phenoxy) is 1. The van der Waals surface area contributed by atoms with Crippen LogP contribution >= 0.6 is 0 Å². The van der Waals surface area contributed by atoms with Gasteiger partial charge >= 0.3 is 0 Å². The molecule has 0 saturated carbocycles. The number of sulfonamides is 2. The van der Waals surface area contributed by atoms with Gasteiger partial charge in [0.15, 0.2) is 0 Å². The molecular weight excluding hydrogens is 364 g/mol. The van der Waals surface area contributed by atoms with Crippen molar-refractivity contribution in [3.05, 3.63) is 23.3 Å². The normalized spacial score (nSPS) is 16.8. The third kappa shape index (κ3) is 4.93. The number of rotatable bonds is 7. The maximum absolute atomic E-state index is 12.5. The van der Waals surface area contributed by atoms with E-state index in [0.29, 0.717) is 30.0 Å². The van der Waals surface area contributed by atoms with E-state index in [1.807, 2.05) is 0 Å². The van der Waals surface area contributed by atoms with Crippen molar-refractivity contribution < 1.29 is 21.6 Å². The third-order valence-electron chi connectivity index (χ3n) is 4.34. The van der Waals surface area contributed by atoms with E-state index >= 15 is 0 Å². The SMILES string of the molecule is COc1cc(C)c(S(=O)(=O)NCCS(=O)(=O)N2CCCCC2)cc1C. The zero-order valence-corrected chi connectivity index (χ0v) is 16.5. The molecule has 1 heterocycles. The molecule has 25 heavy (non-hydrogen) atoms. The van der Waals surface area contributed by atoms with E-state index in [0.717, 1.165) is 19.3 Å². The number of hydrogen-bond donors (Lipinski definition) is 1. The van der Waals surface area contributed by atoms with E-state index in [2.05, 4.69) is 4.72 Å². The van der Waals surface area contributed by atoms with Gasteiger partial charge in [0.05, 0.1) is 17.8 Å². The standard InChI is InChI=1S/C16H26N2O5S2/c1-13-12-16(14(2)11-15(13)23-3)25(21,22)17-7-10-24(19,20)18-8-5-4-6-9-18/h11-12,17H,4-10H2,1-3H3. The molecule has 2 rings (SSSR count). The molecule has 1 fully saturated rings. The molecule has 0 amide bonds. The smallest absolute Gasteiger partial charge is 0.240 e. The number of nitrogens with one attached hydrogen (secondary N) is 1. The van der Waals surface area contributed by atoms with E-state index in [-0.39, 0.29) is 17.2 Å². The van der Waals surface area contributed by atoms with E-state index < -0.39 is 20.0 Å². The molecule has 0 radical (unpaired) electrons. The first kappa shape index (κ1) is 20.2. The average Bonchev–Trinajstić information content (AvgIpc) is 2.57. The second-order valence-electron chi connectivity index (χ2n) is 6.26. The Balaban J connectivity index is 2.06. The molecule has 1 aromatic carbocycles. The predicted molar refractivity (Wildman–Crippen MR) is 96.9 cm³/mol. The molecule has 1 saturated heterocycles. The summed E-state index contributed by atoms with van der Waals surface area (Å²) in [5.41, 5.74) is 1.25. The molecule has 0 spiro atoms. The van der Waals surface area contributed by atoms with Crippen molar-refractivity contribution in [2.45, 2.75) is 38.0 Å². The summed E-state index contributed by atoms with van der Waals surface area (Å²) in [4.78, 5) is 0.140. The molecule has 1 aromatic rings. The van der Waals surface area contributed by atoms with Crippen molar-refractivity contribution in [1.29, 1.82) is 0 Å². The third-order valence-corrected chi connectivity index (χ3v) is 7.82. The Labute approximate surface area is 150 Å². The van der Waals surface area contributed by atoms with Gasteiger partial charge in [0.2, 0.25) is 20.0 Å². The van der Waals surface area contributed by atoms with Gasteiger partial charge in [0, 0.05) is 19.6 Å². The van der Waals surface area contributed by atoms with Gasteiger partial charge in [-0.1, -0.05) is 6.42 Å². The Morgan fingerprint density at radius 2 is 1.68 bits per heavy atom. The Bertz CT molecular complexity index is 813. The molecule has 0 aliphatic carbocycles. The molecule has 0 bridgehead atoms. The summed E-state index contributed by atoms with van der Waals surface area (Å²) in [6, 6.07) is 3.20. The summed E-state index contributed by atoms with van der Waals surface area (Å²) >= 11 is 0. The molecule has 9 heteroatoms. The molecule has 0 atom stereocenters. The van der Waals surface area contributed by atoms with Crippen LogP contribution in [0.2, 0.25) is 0 Å². The zero-order chi connectivity index (χ0) is 18.7. The molecule has 1 aliphatic heterocycles. The highest BCUT2D eigenvalue weighted by Gasteiger charge is 2.25. The average molecular weight is 391 g/mol. The molecule has 142 valence electrons. The van der Waals surface area contributed by atoms with Crippen LogP contribution in [0.25, 0.3) is 0 Å².